The van der Waals surface area contributed by atoms with Gasteiger partial charge in [-0.1, -0.05) is 15.9 Å². The van der Waals surface area contributed by atoms with Gasteiger partial charge in [0.2, 0.25) is 0 Å². The third kappa shape index (κ3) is 3.38. The molecule has 0 spiro atoms. The first-order valence-electron chi connectivity index (χ1n) is 4.01. The number of halogens is 4. The van der Waals surface area contributed by atoms with Crippen LogP contribution in [0.15, 0.2) is 16.6 Å². The van der Waals surface area contributed by atoms with E-state index in [1.807, 2.05) is 0 Å². The summed E-state index contributed by atoms with van der Waals surface area (Å²) in [6.45, 7) is 1.38. The summed E-state index contributed by atoms with van der Waals surface area (Å²) >= 11 is 2.95. The number of hydrogen-bond acceptors (Lipinski definition) is 2. The fourth-order valence-electron chi connectivity index (χ4n) is 1.11. The topological polar surface area (TPSA) is 46.2 Å². The van der Waals surface area contributed by atoms with E-state index in [1.54, 1.807) is 0 Å². The van der Waals surface area contributed by atoms with Crippen molar-refractivity contribution in [3.05, 3.63) is 33.8 Å². The molecule has 2 atom stereocenters. The first kappa shape index (κ1) is 14.8. The van der Waals surface area contributed by atoms with Gasteiger partial charge in [0.1, 0.15) is 11.6 Å². The normalized spacial score (nSPS) is 14.3. The van der Waals surface area contributed by atoms with Crippen LogP contribution in [-0.2, 0) is 0 Å². The Morgan fingerprint density at radius 3 is 2.07 bits per heavy atom. The lowest BCUT2D eigenvalue weighted by atomic mass is 10.0. The van der Waals surface area contributed by atoms with E-state index in [-0.39, 0.29) is 18.0 Å². The molecule has 0 amide bonds. The molecule has 0 bridgehead atoms. The molecular weight excluding hydrogens is 291 g/mol. The van der Waals surface area contributed by atoms with Crippen molar-refractivity contribution >= 4 is 28.3 Å². The van der Waals surface area contributed by atoms with E-state index in [4.69, 9.17) is 10.8 Å². The van der Waals surface area contributed by atoms with Crippen molar-refractivity contribution in [2.24, 2.45) is 5.73 Å². The van der Waals surface area contributed by atoms with Crippen LogP contribution < -0.4 is 5.73 Å². The maximum Gasteiger partial charge on any atom is 0.132 e. The molecule has 1 rings (SSSR count). The van der Waals surface area contributed by atoms with Gasteiger partial charge in [-0.25, -0.2) is 8.78 Å². The van der Waals surface area contributed by atoms with E-state index < -0.39 is 23.8 Å². The molecule has 0 aromatic heterocycles. The minimum Gasteiger partial charge on any atom is -0.391 e. The monoisotopic (exact) mass is 301 g/mol. The summed E-state index contributed by atoms with van der Waals surface area (Å²) in [5.74, 6) is -1.52. The molecule has 0 aliphatic heterocycles. The Balaban J connectivity index is 0.00000196. The molecule has 0 aliphatic carbocycles. The zero-order valence-corrected chi connectivity index (χ0v) is 10.3. The second-order valence-corrected chi connectivity index (χ2v) is 3.97. The van der Waals surface area contributed by atoms with Crippen LogP contribution in [0.1, 0.15) is 18.5 Å². The van der Waals surface area contributed by atoms with Gasteiger partial charge in [0, 0.05) is 10.0 Å². The van der Waals surface area contributed by atoms with E-state index in [0.717, 1.165) is 12.1 Å². The number of hydrogen-bond donors (Lipinski definition) is 2. The van der Waals surface area contributed by atoms with Crippen LogP contribution in [0.5, 0.6) is 0 Å². The van der Waals surface area contributed by atoms with E-state index in [0.29, 0.717) is 4.47 Å². The predicted molar refractivity (Wildman–Crippen MR) is 59.9 cm³/mol. The second kappa shape index (κ2) is 5.75. The van der Waals surface area contributed by atoms with Crippen molar-refractivity contribution in [1.29, 1.82) is 0 Å². The molecule has 0 saturated carbocycles. The molecule has 0 radical (unpaired) electrons. The largest absolute Gasteiger partial charge is 0.391 e. The number of rotatable bonds is 2. The maximum atomic E-state index is 13.3. The second-order valence-electron chi connectivity index (χ2n) is 3.05. The number of aliphatic hydroxyl groups is 1. The maximum absolute atomic E-state index is 13.3. The summed E-state index contributed by atoms with van der Waals surface area (Å²) < 4.78 is 26.8. The highest BCUT2D eigenvalue weighted by molar-refractivity contribution is 9.10. The lowest BCUT2D eigenvalue weighted by Gasteiger charge is -2.16. The van der Waals surface area contributed by atoms with E-state index >= 15 is 0 Å². The first-order valence-corrected chi connectivity index (χ1v) is 4.81. The van der Waals surface area contributed by atoms with Crippen molar-refractivity contribution in [2.45, 2.75) is 19.1 Å². The Kier molecular flexibility index (Phi) is 5.66. The quantitative estimate of drug-likeness (QED) is 0.882. The summed E-state index contributed by atoms with van der Waals surface area (Å²) in [6, 6.07) is 1.17. The van der Waals surface area contributed by atoms with Gasteiger partial charge in [-0.15, -0.1) is 12.4 Å². The third-order valence-corrected chi connectivity index (χ3v) is 2.35. The van der Waals surface area contributed by atoms with Crippen LogP contribution in [0, 0.1) is 11.6 Å². The molecule has 0 unspecified atom stereocenters. The average Bonchev–Trinajstić information content (AvgIpc) is 2.01. The van der Waals surface area contributed by atoms with Crippen molar-refractivity contribution in [3.8, 4) is 0 Å². The third-order valence-electron chi connectivity index (χ3n) is 1.90. The van der Waals surface area contributed by atoms with Gasteiger partial charge in [0.25, 0.3) is 0 Å². The fraction of sp³-hybridized carbons (Fsp3) is 0.333. The van der Waals surface area contributed by atoms with Crippen LogP contribution in [0.3, 0.4) is 0 Å². The minimum atomic E-state index is -1.05. The smallest absolute Gasteiger partial charge is 0.132 e. The van der Waals surface area contributed by atoms with Crippen molar-refractivity contribution in [1.82, 2.24) is 0 Å². The first-order chi connectivity index (χ1) is 6.43. The summed E-state index contributed by atoms with van der Waals surface area (Å²) in [5.41, 5.74) is 5.16. The van der Waals surface area contributed by atoms with Gasteiger partial charge in [-0.2, -0.15) is 0 Å². The number of aliphatic hydroxyl groups excluding tert-OH is 1. The molecule has 1 aromatic rings. The molecule has 0 saturated heterocycles. The summed E-state index contributed by atoms with van der Waals surface area (Å²) in [6.07, 6.45) is -1.000. The van der Waals surface area contributed by atoms with Crippen LogP contribution in [0.2, 0.25) is 0 Å². The van der Waals surface area contributed by atoms with Gasteiger partial charge in [0.15, 0.2) is 0 Å². The molecule has 15 heavy (non-hydrogen) atoms. The highest BCUT2D eigenvalue weighted by Gasteiger charge is 2.21. The van der Waals surface area contributed by atoms with Crippen molar-refractivity contribution in [2.75, 3.05) is 0 Å². The predicted octanol–water partition coefficient (Wildman–Crippen LogP) is 2.53. The zero-order chi connectivity index (χ0) is 10.9. The highest BCUT2D eigenvalue weighted by Crippen LogP contribution is 2.25. The van der Waals surface area contributed by atoms with Gasteiger partial charge in [-0.3, -0.25) is 0 Å². The molecular formula is C9H11BrClF2NO. The van der Waals surface area contributed by atoms with Gasteiger partial charge >= 0.3 is 0 Å². The molecule has 6 heteroatoms. The minimum absolute atomic E-state index is 0. The lowest BCUT2D eigenvalue weighted by Crippen LogP contribution is -2.25. The Hall–Kier alpha value is -0.230. The Bertz CT molecular complexity index is 326. The van der Waals surface area contributed by atoms with Crippen molar-refractivity contribution in [3.63, 3.8) is 0 Å². The Morgan fingerprint density at radius 2 is 1.73 bits per heavy atom. The Morgan fingerprint density at radius 1 is 1.33 bits per heavy atom. The van der Waals surface area contributed by atoms with Crippen LogP contribution in [0.4, 0.5) is 8.78 Å². The standard InChI is InChI=1S/C9H10BrF2NO.ClH/c1-4(14)9(13)8-6(11)2-5(10)3-7(8)12;/h2-4,9,14H,13H2,1H3;1H/t4-,9-;/m1./s1. The van der Waals surface area contributed by atoms with Crippen LogP contribution >= 0.6 is 28.3 Å². The lowest BCUT2D eigenvalue weighted by molar-refractivity contribution is 0.160. The van der Waals surface area contributed by atoms with Gasteiger partial charge in [-0.05, 0) is 19.1 Å². The van der Waals surface area contributed by atoms with Crippen molar-refractivity contribution < 1.29 is 13.9 Å². The van der Waals surface area contributed by atoms with Gasteiger partial charge < -0.3 is 10.8 Å². The molecule has 0 aliphatic rings. The zero-order valence-electron chi connectivity index (χ0n) is 7.88. The number of nitrogens with two attached hydrogens (primary N) is 1. The van der Waals surface area contributed by atoms with Crippen LogP contribution in [0.25, 0.3) is 0 Å². The average molecular weight is 303 g/mol. The highest BCUT2D eigenvalue weighted by atomic mass is 79.9. The van der Waals surface area contributed by atoms with Crippen LogP contribution in [-0.4, -0.2) is 11.2 Å². The SMILES string of the molecule is C[C@@H](O)[C@@H](N)c1c(F)cc(Br)cc1F.Cl. The van der Waals surface area contributed by atoms with E-state index in [2.05, 4.69) is 15.9 Å². The molecule has 1 aromatic carbocycles. The molecule has 2 nitrogen and oxygen atoms in total. The van der Waals surface area contributed by atoms with E-state index in [9.17, 15) is 8.78 Å². The van der Waals surface area contributed by atoms with Gasteiger partial charge in [0.05, 0.1) is 12.1 Å². The molecule has 0 heterocycles. The number of benzene rings is 1. The summed E-state index contributed by atoms with van der Waals surface area (Å²) in [5, 5.41) is 9.12. The van der Waals surface area contributed by atoms with E-state index in [1.165, 1.54) is 6.92 Å². The fourth-order valence-corrected chi connectivity index (χ4v) is 1.51. The summed E-state index contributed by atoms with van der Waals surface area (Å²) in [4.78, 5) is 0. The molecule has 3 N–H and O–H groups in total. The Labute approximate surface area is 101 Å². The molecule has 0 fully saturated rings. The summed E-state index contributed by atoms with van der Waals surface area (Å²) in [7, 11) is 0. The molecule has 86 valence electrons.